The van der Waals surface area contributed by atoms with Crippen LogP contribution >= 0.6 is 0 Å². The lowest BCUT2D eigenvalue weighted by atomic mass is 10.1. The average Bonchev–Trinajstić information content (AvgIpc) is 2.81. The fraction of sp³-hybridized carbons (Fsp3) is 0.818. The number of urea groups is 1. The Balaban J connectivity index is 2.37. The maximum atomic E-state index is 11.8. The lowest BCUT2D eigenvalue weighted by molar-refractivity contribution is -0.146. The van der Waals surface area contributed by atoms with Crippen molar-refractivity contribution in [1.29, 1.82) is 0 Å². The van der Waals surface area contributed by atoms with Gasteiger partial charge in [0.2, 0.25) is 0 Å². The normalized spacial score (nSPS) is 20.8. The van der Waals surface area contributed by atoms with Crippen LogP contribution in [-0.4, -0.2) is 64.1 Å². The van der Waals surface area contributed by atoms with Crippen LogP contribution in [0.5, 0.6) is 0 Å². The molecule has 0 aliphatic carbocycles. The van der Waals surface area contributed by atoms with E-state index in [9.17, 15) is 9.59 Å². The van der Waals surface area contributed by atoms with Gasteiger partial charge in [0.1, 0.15) is 0 Å². The molecule has 0 bridgehead atoms. The standard InChI is InChI=1S/C11H20N2O5/c14-6-2-4-8-3-1-5-13(8)11(18)12-7-9(15)10(16)17/h8-9,14-15H,1-7H2,(H,12,18)(H,16,17). The SMILES string of the molecule is O=C(O)C(O)CNC(=O)N1CCCC1CCCO. The van der Waals surface area contributed by atoms with Crippen molar-refractivity contribution in [1.82, 2.24) is 10.2 Å². The highest BCUT2D eigenvalue weighted by Gasteiger charge is 2.28. The molecule has 7 nitrogen and oxygen atoms in total. The van der Waals surface area contributed by atoms with E-state index in [0.717, 1.165) is 19.3 Å². The molecule has 0 aromatic heterocycles. The number of nitrogens with zero attached hydrogens (tertiary/aromatic N) is 1. The summed E-state index contributed by atoms with van der Waals surface area (Å²) in [6.45, 7) is 0.437. The highest BCUT2D eigenvalue weighted by molar-refractivity contribution is 5.77. The zero-order chi connectivity index (χ0) is 13.5. The van der Waals surface area contributed by atoms with Gasteiger partial charge in [-0.15, -0.1) is 0 Å². The molecule has 0 spiro atoms. The Hall–Kier alpha value is -1.34. The molecule has 1 aliphatic heterocycles. The first-order chi connectivity index (χ1) is 8.56. The number of likely N-dealkylation sites (tertiary alicyclic amines) is 1. The van der Waals surface area contributed by atoms with Gasteiger partial charge in [-0.1, -0.05) is 0 Å². The molecule has 4 N–H and O–H groups in total. The highest BCUT2D eigenvalue weighted by Crippen LogP contribution is 2.21. The van der Waals surface area contributed by atoms with Crippen molar-refractivity contribution in [3.63, 3.8) is 0 Å². The minimum Gasteiger partial charge on any atom is -0.479 e. The average molecular weight is 260 g/mol. The summed E-state index contributed by atoms with van der Waals surface area (Å²) < 4.78 is 0. The summed E-state index contributed by atoms with van der Waals surface area (Å²) >= 11 is 0. The molecule has 1 rings (SSSR count). The quantitative estimate of drug-likeness (QED) is 0.508. The maximum Gasteiger partial charge on any atom is 0.334 e. The summed E-state index contributed by atoms with van der Waals surface area (Å²) in [4.78, 5) is 23.8. The number of hydrogen-bond donors (Lipinski definition) is 4. The number of carboxylic acid groups (broad SMARTS) is 1. The van der Waals surface area contributed by atoms with E-state index in [-0.39, 0.29) is 25.2 Å². The number of amides is 2. The van der Waals surface area contributed by atoms with Crippen molar-refractivity contribution < 1.29 is 24.9 Å². The molecule has 1 heterocycles. The first-order valence-electron chi connectivity index (χ1n) is 6.12. The van der Waals surface area contributed by atoms with Crippen LogP contribution < -0.4 is 5.32 Å². The molecule has 2 atom stereocenters. The molecule has 1 saturated heterocycles. The first-order valence-corrected chi connectivity index (χ1v) is 6.12. The topological polar surface area (TPSA) is 110 Å². The molecular formula is C11H20N2O5. The molecule has 1 fully saturated rings. The van der Waals surface area contributed by atoms with E-state index in [2.05, 4.69) is 5.32 Å². The number of carboxylic acids is 1. The Labute approximate surface area is 105 Å². The number of aliphatic carboxylic acids is 1. The van der Waals surface area contributed by atoms with Gasteiger partial charge in [-0.05, 0) is 25.7 Å². The molecule has 2 amide bonds. The first kappa shape index (κ1) is 14.7. The number of aliphatic hydroxyl groups excluding tert-OH is 2. The molecule has 2 unspecified atom stereocenters. The Morgan fingerprint density at radius 2 is 2.17 bits per heavy atom. The van der Waals surface area contributed by atoms with Crippen molar-refractivity contribution in [2.24, 2.45) is 0 Å². The molecule has 7 heteroatoms. The van der Waals surface area contributed by atoms with E-state index in [1.807, 2.05) is 0 Å². The van der Waals surface area contributed by atoms with Crippen molar-refractivity contribution in [3.8, 4) is 0 Å². The van der Waals surface area contributed by atoms with Gasteiger partial charge in [-0.3, -0.25) is 0 Å². The van der Waals surface area contributed by atoms with Gasteiger partial charge in [0.05, 0.1) is 6.54 Å². The van der Waals surface area contributed by atoms with Crippen LogP contribution in [0, 0.1) is 0 Å². The van der Waals surface area contributed by atoms with Gasteiger partial charge < -0.3 is 25.5 Å². The zero-order valence-electron chi connectivity index (χ0n) is 10.2. The van der Waals surface area contributed by atoms with Gasteiger partial charge in [-0.2, -0.15) is 0 Å². The number of carbonyl (C=O) groups excluding carboxylic acids is 1. The van der Waals surface area contributed by atoms with E-state index < -0.39 is 12.1 Å². The van der Waals surface area contributed by atoms with Gasteiger partial charge in [0, 0.05) is 19.2 Å². The second-order valence-electron chi connectivity index (χ2n) is 4.40. The second-order valence-corrected chi connectivity index (χ2v) is 4.40. The summed E-state index contributed by atoms with van der Waals surface area (Å²) in [5.41, 5.74) is 0. The molecule has 104 valence electrons. The predicted octanol–water partition coefficient (Wildman–Crippen LogP) is -0.622. The van der Waals surface area contributed by atoms with Crippen LogP contribution in [0.1, 0.15) is 25.7 Å². The summed E-state index contributed by atoms with van der Waals surface area (Å²) in [6, 6.07) is -0.255. The second kappa shape index (κ2) is 7.17. The Morgan fingerprint density at radius 3 is 2.78 bits per heavy atom. The van der Waals surface area contributed by atoms with Crippen LogP contribution in [0.25, 0.3) is 0 Å². The van der Waals surface area contributed by atoms with Gasteiger partial charge in [-0.25, -0.2) is 9.59 Å². The smallest absolute Gasteiger partial charge is 0.334 e. The van der Waals surface area contributed by atoms with Crippen LogP contribution in [0.15, 0.2) is 0 Å². The maximum absolute atomic E-state index is 11.8. The monoisotopic (exact) mass is 260 g/mol. The largest absolute Gasteiger partial charge is 0.479 e. The highest BCUT2D eigenvalue weighted by atomic mass is 16.4. The van der Waals surface area contributed by atoms with Crippen molar-refractivity contribution >= 4 is 12.0 Å². The zero-order valence-corrected chi connectivity index (χ0v) is 10.2. The van der Waals surface area contributed by atoms with Gasteiger partial charge in [0.15, 0.2) is 6.10 Å². The number of nitrogens with one attached hydrogen (secondary N) is 1. The van der Waals surface area contributed by atoms with Crippen LogP contribution in [-0.2, 0) is 4.79 Å². The molecule has 0 aromatic carbocycles. The third-order valence-corrected chi connectivity index (χ3v) is 3.07. The lowest BCUT2D eigenvalue weighted by Gasteiger charge is -2.25. The predicted molar refractivity (Wildman–Crippen MR) is 63.1 cm³/mol. The van der Waals surface area contributed by atoms with Crippen LogP contribution in [0.4, 0.5) is 4.79 Å². The van der Waals surface area contributed by atoms with Crippen LogP contribution in [0.3, 0.4) is 0 Å². The fourth-order valence-electron chi connectivity index (χ4n) is 2.10. The minimum atomic E-state index is -1.58. The van der Waals surface area contributed by atoms with Gasteiger partial charge >= 0.3 is 12.0 Å². The van der Waals surface area contributed by atoms with E-state index in [0.29, 0.717) is 13.0 Å². The van der Waals surface area contributed by atoms with E-state index in [1.54, 1.807) is 4.90 Å². The number of aliphatic hydroxyl groups is 2. The number of hydrogen-bond acceptors (Lipinski definition) is 4. The third-order valence-electron chi connectivity index (χ3n) is 3.07. The Kier molecular flexibility index (Phi) is 5.87. The summed E-state index contributed by atoms with van der Waals surface area (Å²) in [6.07, 6.45) is 1.62. The van der Waals surface area contributed by atoms with Crippen molar-refractivity contribution in [2.75, 3.05) is 19.7 Å². The summed E-state index contributed by atoms with van der Waals surface area (Å²) in [5, 5.41) is 28.7. The van der Waals surface area contributed by atoms with E-state index in [4.69, 9.17) is 15.3 Å². The number of rotatable bonds is 6. The Bertz CT molecular complexity index is 297. The molecule has 0 aromatic rings. The molecule has 18 heavy (non-hydrogen) atoms. The van der Waals surface area contributed by atoms with E-state index >= 15 is 0 Å². The van der Waals surface area contributed by atoms with Crippen molar-refractivity contribution in [2.45, 2.75) is 37.8 Å². The van der Waals surface area contributed by atoms with Gasteiger partial charge in [0.25, 0.3) is 0 Å². The van der Waals surface area contributed by atoms with E-state index in [1.165, 1.54) is 0 Å². The fourth-order valence-corrected chi connectivity index (χ4v) is 2.10. The molecule has 1 aliphatic rings. The molecule has 0 radical (unpaired) electrons. The molecular weight excluding hydrogens is 240 g/mol. The summed E-state index contributed by atoms with van der Waals surface area (Å²) in [7, 11) is 0. The Morgan fingerprint density at radius 1 is 1.44 bits per heavy atom. The molecule has 0 saturated carbocycles. The minimum absolute atomic E-state index is 0.0964. The number of carbonyl (C=O) groups is 2. The third kappa shape index (κ3) is 4.15. The summed E-state index contributed by atoms with van der Waals surface area (Å²) in [5.74, 6) is -1.35. The van der Waals surface area contributed by atoms with Crippen LogP contribution in [0.2, 0.25) is 0 Å². The lowest BCUT2D eigenvalue weighted by Crippen LogP contribution is -2.46. The van der Waals surface area contributed by atoms with Crippen molar-refractivity contribution in [3.05, 3.63) is 0 Å².